The predicted octanol–water partition coefficient (Wildman–Crippen LogP) is 2.21. The maximum Gasteiger partial charge on any atom is 0.272 e. The summed E-state index contributed by atoms with van der Waals surface area (Å²) in [5.74, 6) is 1.23. The Morgan fingerprint density at radius 1 is 1.17 bits per heavy atom. The van der Waals surface area contributed by atoms with E-state index in [4.69, 9.17) is 14.5 Å². The molecule has 3 heterocycles. The van der Waals surface area contributed by atoms with Crippen LogP contribution in [0.5, 0.6) is 11.5 Å². The molecule has 0 bridgehead atoms. The molecule has 1 saturated heterocycles. The summed E-state index contributed by atoms with van der Waals surface area (Å²) in [5, 5.41) is 3.17. The average Bonchev–Trinajstić information content (AvgIpc) is 3.27. The quantitative estimate of drug-likeness (QED) is 0.714. The molecule has 1 amide bonds. The van der Waals surface area contributed by atoms with E-state index in [0.717, 1.165) is 16.8 Å². The molecule has 1 aliphatic rings. The second-order valence-electron chi connectivity index (χ2n) is 7.24. The number of likely N-dealkylation sites (N-methyl/N-ethyl adjacent to an activating group) is 1. The molecule has 1 N–H and O–H groups in total. The molecule has 4 rings (SSSR count). The number of rotatable bonds is 5. The first-order chi connectivity index (χ1) is 14.0. The van der Waals surface area contributed by atoms with E-state index in [1.807, 2.05) is 25.1 Å². The number of nitrogens with zero attached hydrogens (tertiary/aromatic N) is 3. The minimum Gasteiger partial charge on any atom is -0.493 e. The maximum absolute atomic E-state index is 12.8. The smallest absolute Gasteiger partial charge is 0.272 e. The fraction of sp³-hybridized carbons (Fsp3) is 0.381. The molecule has 1 atom stereocenters. The monoisotopic (exact) mass is 396 g/mol. The summed E-state index contributed by atoms with van der Waals surface area (Å²) >= 11 is 0. The minimum absolute atomic E-state index is 0.0698. The lowest BCUT2D eigenvalue weighted by atomic mass is 10.0. The highest BCUT2D eigenvalue weighted by Gasteiger charge is 2.30. The van der Waals surface area contributed by atoms with Crippen LogP contribution < -0.4 is 15.0 Å². The summed E-state index contributed by atoms with van der Waals surface area (Å²) < 4.78 is 12.3. The number of ether oxygens (including phenoxy) is 2. The standard InChI is InChI=1S/C21H24N4O4/c1-5-14-20(12-6-7-16(28-3)17(8-12)29-4)21-22-15(10-19(27)25(21)23-14)13-9-18(26)24(2)11-13/h6-8,10,13,23H,5,9,11H2,1-4H3/t13-/m0/s1. The first kappa shape index (κ1) is 19.0. The van der Waals surface area contributed by atoms with Crippen molar-refractivity contribution in [3.05, 3.63) is 46.0 Å². The number of aromatic amines is 1. The van der Waals surface area contributed by atoms with Gasteiger partial charge in [-0.3, -0.25) is 14.7 Å². The van der Waals surface area contributed by atoms with Crippen LogP contribution in [-0.2, 0) is 11.2 Å². The molecule has 2 aromatic heterocycles. The van der Waals surface area contributed by atoms with E-state index in [0.29, 0.717) is 42.2 Å². The highest BCUT2D eigenvalue weighted by atomic mass is 16.5. The fourth-order valence-corrected chi connectivity index (χ4v) is 3.92. The number of aromatic nitrogens is 3. The number of fused-ring (bicyclic) bond motifs is 1. The fourth-order valence-electron chi connectivity index (χ4n) is 3.92. The molecule has 0 aliphatic carbocycles. The molecule has 0 saturated carbocycles. The Bertz CT molecular complexity index is 1150. The molecule has 152 valence electrons. The van der Waals surface area contributed by atoms with Gasteiger partial charge in [-0.15, -0.1) is 0 Å². The zero-order valence-electron chi connectivity index (χ0n) is 17.0. The number of carbonyl (C=O) groups excluding carboxylic acids is 1. The molecule has 8 heteroatoms. The van der Waals surface area contributed by atoms with Gasteiger partial charge < -0.3 is 14.4 Å². The Labute approximate surface area is 168 Å². The van der Waals surface area contributed by atoms with Crippen LogP contribution in [0.3, 0.4) is 0 Å². The summed E-state index contributed by atoms with van der Waals surface area (Å²) in [6, 6.07) is 7.17. The van der Waals surface area contributed by atoms with E-state index in [2.05, 4.69) is 5.10 Å². The predicted molar refractivity (Wildman–Crippen MR) is 109 cm³/mol. The first-order valence-corrected chi connectivity index (χ1v) is 9.57. The van der Waals surface area contributed by atoms with Crippen molar-refractivity contribution in [2.75, 3.05) is 27.8 Å². The molecular weight excluding hydrogens is 372 g/mol. The molecule has 0 unspecified atom stereocenters. The van der Waals surface area contributed by atoms with Gasteiger partial charge in [0.1, 0.15) is 0 Å². The van der Waals surface area contributed by atoms with E-state index >= 15 is 0 Å². The van der Waals surface area contributed by atoms with Crippen molar-refractivity contribution in [2.24, 2.45) is 0 Å². The number of hydrogen-bond acceptors (Lipinski definition) is 5. The van der Waals surface area contributed by atoms with Crippen LogP contribution in [0, 0.1) is 0 Å². The third-order valence-corrected chi connectivity index (χ3v) is 5.50. The van der Waals surface area contributed by atoms with Crippen molar-refractivity contribution >= 4 is 11.6 Å². The molecule has 0 spiro atoms. The van der Waals surface area contributed by atoms with Gasteiger partial charge in [0.25, 0.3) is 5.56 Å². The zero-order valence-corrected chi connectivity index (χ0v) is 17.0. The van der Waals surface area contributed by atoms with Gasteiger partial charge in [-0.2, -0.15) is 0 Å². The normalized spacial score (nSPS) is 16.6. The summed E-state index contributed by atoms with van der Waals surface area (Å²) in [7, 11) is 4.95. The number of benzene rings is 1. The van der Waals surface area contributed by atoms with Crippen LogP contribution in [0.4, 0.5) is 0 Å². The van der Waals surface area contributed by atoms with Crippen molar-refractivity contribution in [1.29, 1.82) is 0 Å². The van der Waals surface area contributed by atoms with Crippen LogP contribution in [0.1, 0.15) is 30.7 Å². The maximum atomic E-state index is 12.8. The molecular formula is C21H24N4O4. The van der Waals surface area contributed by atoms with E-state index in [1.165, 1.54) is 10.6 Å². The van der Waals surface area contributed by atoms with Crippen LogP contribution in [0.25, 0.3) is 16.8 Å². The first-order valence-electron chi connectivity index (χ1n) is 9.57. The van der Waals surface area contributed by atoms with Crippen molar-refractivity contribution in [3.8, 4) is 22.6 Å². The van der Waals surface area contributed by atoms with E-state index < -0.39 is 0 Å². The highest BCUT2D eigenvalue weighted by Crippen LogP contribution is 2.36. The van der Waals surface area contributed by atoms with Crippen molar-refractivity contribution in [2.45, 2.75) is 25.7 Å². The number of carbonyl (C=O) groups is 1. The third-order valence-electron chi connectivity index (χ3n) is 5.50. The van der Waals surface area contributed by atoms with Gasteiger partial charge in [0, 0.05) is 43.3 Å². The SMILES string of the molecule is CCc1[nH]n2c(=O)cc([C@H]3CC(=O)N(C)C3)nc2c1-c1ccc(OC)c(OC)c1. The Hall–Kier alpha value is -3.29. The molecule has 0 radical (unpaired) electrons. The number of nitrogens with one attached hydrogen (secondary N) is 1. The van der Waals surface area contributed by atoms with Gasteiger partial charge in [0.05, 0.1) is 19.9 Å². The van der Waals surface area contributed by atoms with Crippen molar-refractivity contribution < 1.29 is 14.3 Å². The summed E-state index contributed by atoms with van der Waals surface area (Å²) in [5.41, 5.74) is 3.65. The van der Waals surface area contributed by atoms with Gasteiger partial charge in [-0.25, -0.2) is 9.50 Å². The molecule has 1 aromatic carbocycles. The highest BCUT2D eigenvalue weighted by molar-refractivity contribution is 5.82. The molecule has 1 fully saturated rings. The van der Waals surface area contributed by atoms with Crippen molar-refractivity contribution in [3.63, 3.8) is 0 Å². The summed E-state index contributed by atoms with van der Waals surface area (Å²) in [6.45, 7) is 2.59. The minimum atomic E-state index is -0.187. The molecule has 29 heavy (non-hydrogen) atoms. The van der Waals surface area contributed by atoms with Gasteiger partial charge in [0.15, 0.2) is 17.1 Å². The van der Waals surface area contributed by atoms with Crippen LogP contribution >= 0.6 is 0 Å². The van der Waals surface area contributed by atoms with E-state index in [1.54, 1.807) is 26.2 Å². The van der Waals surface area contributed by atoms with Crippen LogP contribution in [0.2, 0.25) is 0 Å². The van der Waals surface area contributed by atoms with Gasteiger partial charge in [0.2, 0.25) is 5.91 Å². The largest absolute Gasteiger partial charge is 0.493 e. The van der Waals surface area contributed by atoms with Crippen molar-refractivity contribution in [1.82, 2.24) is 19.5 Å². The molecule has 1 aliphatic heterocycles. The summed E-state index contributed by atoms with van der Waals surface area (Å²) in [4.78, 5) is 31.3. The lowest BCUT2D eigenvalue weighted by molar-refractivity contribution is -0.126. The number of likely N-dealkylation sites (tertiary alicyclic amines) is 1. The lowest BCUT2D eigenvalue weighted by Gasteiger charge is -2.11. The van der Waals surface area contributed by atoms with Crippen LogP contribution in [-0.4, -0.2) is 53.2 Å². The number of amides is 1. The molecule has 8 nitrogen and oxygen atoms in total. The Kier molecular flexibility index (Phi) is 4.77. The number of hydrogen-bond donors (Lipinski definition) is 1. The Balaban J connectivity index is 1.91. The number of aryl methyl sites for hydroxylation is 1. The Morgan fingerprint density at radius 2 is 1.93 bits per heavy atom. The second kappa shape index (κ2) is 7.27. The zero-order chi connectivity index (χ0) is 20.7. The number of methoxy groups -OCH3 is 2. The topological polar surface area (TPSA) is 88.9 Å². The third kappa shape index (κ3) is 3.14. The van der Waals surface area contributed by atoms with Gasteiger partial charge in [-0.05, 0) is 24.1 Å². The van der Waals surface area contributed by atoms with Crippen LogP contribution in [0.15, 0.2) is 29.1 Å². The average molecular weight is 396 g/mol. The Morgan fingerprint density at radius 3 is 2.55 bits per heavy atom. The summed E-state index contributed by atoms with van der Waals surface area (Å²) in [6.07, 6.45) is 1.07. The van der Waals surface area contributed by atoms with E-state index in [9.17, 15) is 9.59 Å². The second-order valence-corrected chi connectivity index (χ2v) is 7.24. The molecule has 3 aromatic rings. The van der Waals surface area contributed by atoms with Gasteiger partial charge in [-0.1, -0.05) is 13.0 Å². The van der Waals surface area contributed by atoms with E-state index in [-0.39, 0.29) is 17.4 Å². The number of H-pyrrole nitrogens is 1. The van der Waals surface area contributed by atoms with Gasteiger partial charge >= 0.3 is 0 Å². The lowest BCUT2D eigenvalue weighted by Crippen LogP contribution is -2.20.